The Morgan fingerprint density at radius 3 is 2.26 bits per heavy atom. The summed E-state index contributed by atoms with van der Waals surface area (Å²) in [7, 11) is 0. The molecule has 0 atom stereocenters. The topological polar surface area (TPSA) is 17.8 Å². The van der Waals surface area contributed by atoms with Gasteiger partial charge in [0.05, 0.1) is 11.0 Å². The number of fused-ring (bicyclic) bond motifs is 1. The zero-order valence-corrected chi connectivity index (χ0v) is 12.8. The molecule has 8 heteroatoms. The first-order chi connectivity index (χ1) is 10.8. The Bertz CT molecular complexity index is 870. The van der Waals surface area contributed by atoms with E-state index < -0.39 is 22.8 Å². The maximum atomic E-state index is 13.6. The fraction of sp³-hybridized carbons (Fsp3) is 0.133. The van der Waals surface area contributed by atoms with E-state index in [2.05, 4.69) is 4.98 Å². The largest absolute Gasteiger partial charge is 0.380 e. The molecule has 2 nitrogen and oxygen atoms in total. The average Bonchev–Trinajstić information content (AvgIpc) is 2.80. The minimum atomic E-state index is -3.78. The van der Waals surface area contributed by atoms with Gasteiger partial charge in [-0.25, -0.2) is 13.8 Å². The molecule has 0 bridgehead atoms. The highest BCUT2D eigenvalue weighted by Gasteiger charge is 2.35. The van der Waals surface area contributed by atoms with Gasteiger partial charge in [0.15, 0.2) is 17.5 Å². The molecule has 120 valence electrons. The lowest BCUT2D eigenvalue weighted by Gasteiger charge is -2.12. The SMILES string of the molecule is Fc1cc2nc(C(F)(F)Cl)n(Cc3ccc(Cl)cc3)c2cc1F. The number of imidazole rings is 1. The van der Waals surface area contributed by atoms with Crippen molar-refractivity contribution in [1.82, 2.24) is 9.55 Å². The Morgan fingerprint density at radius 1 is 1.04 bits per heavy atom. The monoisotopic (exact) mass is 362 g/mol. The molecule has 0 aliphatic heterocycles. The Hall–Kier alpha value is -1.79. The second-order valence-electron chi connectivity index (χ2n) is 4.90. The van der Waals surface area contributed by atoms with Crippen molar-refractivity contribution in [2.45, 2.75) is 11.9 Å². The normalized spacial score (nSPS) is 12.1. The van der Waals surface area contributed by atoms with Gasteiger partial charge in [0.1, 0.15) is 0 Å². The molecule has 0 aliphatic rings. The van der Waals surface area contributed by atoms with E-state index in [-0.39, 0.29) is 17.6 Å². The smallest absolute Gasteiger partial charge is 0.317 e. The number of rotatable bonds is 3. The highest BCUT2D eigenvalue weighted by Crippen LogP contribution is 2.35. The second-order valence-corrected chi connectivity index (χ2v) is 5.81. The van der Waals surface area contributed by atoms with E-state index in [0.717, 1.165) is 16.7 Å². The number of alkyl halides is 3. The van der Waals surface area contributed by atoms with Crippen LogP contribution in [0.3, 0.4) is 0 Å². The molecule has 2 aromatic carbocycles. The lowest BCUT2D eigenvalue weighted by atomic mass is 10.2. The van der Waals surface area contributed by atoms with Gasteiger partial charge in [0, 0.05) is 23.7 Å². The minimum absolute atomic E-state index is 0.0224. The Kier molecular flexibility index (Phi) is 3.98. The third-order valence-corrected chi connectivity index (χ3v) is 3.72. The summed E-state index contributed by atoms with van der Waals surface area (Å²) in [5.74, 6) is -3.11. The molecule has 0 saturated carbocycles. The van der Waals surface area contributed by atoms with Crippen molar-refractivity contribution in [2.24, 2.45) is 0 Å². The van der Waals surface area contributed by atoms with Gasteiger partial charge in [-0.1, -0.05) is 23.7 Å². The van der Waals surface area contributed by atoms with Gasteiger partial charge in [0.2, 0.25) is 0 Å². The van der Waals surface area contributed by atoms with Crippen LogP contribution in [0, 0.1) is 11.6 Å². The summed E-state index contributed by atoms with van der Waals surface area (Å²) in [6.07, 6.45) is 0. The van der Waals surface area contributed by atoms with Crippen LogP contribution in [0.15, 0.2) is 36.4 Å². The Morgan fingerprint density at radius 2 is 1.65 bits per heavy atom. The van der Waals surface area contributed by atoms with E-state index in [0.29, 0.717) is 10.6 Å². The molecule has 3 rings (SSSR count). The summed E-state index contributed by atoms with van der Waals surface area (Å²) < 4.78 is 55.0. The fourth-order valence-corrected chi connectivity index (χ4v) is 2.54. The molecule has 0 radical (unpaired) electrons. The van der Waals surface area contributed by atoms with Crippen molar-refractivity contribution in [3.05, 3.63) is 64.4 Å². The van der Waals surface area contributed by atoms with Crippen molar-refractivity contribution in [3.8, 4) is 0 Å². The van der Waals surface area contributed by atoms with Crippen molar-refractivity contribution in [3.63, 3.8) is 0 Å². The zero-order valence-electron chi connectivity index (χ0n) is 11.3. The van der Waals surface area contributed by atoms with E-state index in [4.69, 9.17) is 23.2 Å². The molecule has 3 aromatic rings. The summed E-state index contributed by atoms with van der Waals surface area (Å²) in [4.78, 5) is 3.65. The third kappa shape index (κ3) is 3.14. The molecule has 0 N–H and O–H groups in total. The molecule has 0 saturated heterocycles. The maximum Gasteiger partial charge on any atom is 0.380 e. The number of hydrogen-bond acceptors (Lipinski definition) is 1. The van der Waals surface area contributed by atoms with E-state index in [1.54, 1.807) is 24.3 Å². The van der Waals surface area contributed by atoms with Crippen LogP contribution in [-0.2, 0) is 11.9 Å². The van der Waals surface area contributed by atoms with Crippen LogP contribution in [0.2, 0.25) is 5.02 Å². The molecule has 0 spiro atoms. The summed E-state index contributed by atoms with van der Waals surface area (Å²) in [5.41, 5.74) is 0.544. The van der Waals surface area contributed by atoms with Gasteiger partial charge < -0.3 is 4.57 Å². The molecule has 23 heavy (non-hydrogen) atoms. The molecule has 1 aromatic heterocycles. The number of nitrogens with zero attached hydrogens (tertiary/aromatic N) is 2. The van der Waals surface area contributed by atoms with E-state index in [9.17, 15) is 17.6 Å². The molecular weight excluding hydrogens is 355 g/mol. The number of hydrogen-bond donors (Lipinski definition) is 0. The second kappa shape index (κ2) is 5.69. The van der Waals surface area contributed by atoms with Gasteiger partial charge in [-0.3, -0.25) is 0 Å². The number of benzene rings is 2. The summed E-state index contributed by atoms with van der Waals surface area (Å²) in [6, 6.07) is 8.02. The summed E-state index contributed by atoms with van der Waals surface area (Å²) in [5, 5.41) is -3.29. The quantitative estimate of drug-likeness (QED) is 0.456. The van der Waals surface area contributed by atoms with Gasteiger partial charge in [0.25, 0.3) is 0 Å². The van der Waals surface area contributed by atoms with Crippen LogP contribution in [0.25, 0.3) is 11.0 Å². The predicted molar refractivity (Wildman–Crippen MR) is 80.0 cm³/mol. The molecule has 0 fully saturated rings. The molecule has 0 unspecified atom stereocenters. The summed E-state index contributed by atoms with van der Waals surface area (Å²) >= 11 is 10.9. The fourth-order valence-electron chi connectivity index (χ4n) is 2.27. The first kappa shape index (κ1) is 16.1. The van der Waals surface area contributed by atoms with Crippen molar-refractivity contribution < 1.29 is 17.6 Å². The van der Waals surface area contributed by atoms with Crippen molar-refractivity contribution >= 4 is 34.2 Å². The molecule has 1 heterocycles. The number of aromatic nitrogens is 2. The van der Waals surface area contributed by atoms with Crippen LogP contribution in [-0.4, -0.2) is 9.55 Å². The highest BCUT2D eigenvalue weighted by molar-refractivity contribution is 6.30. The summed E-state index contributed by atoms with van der Waals surface area (Å²) in [6.45, 7) is -0.0453. The van der Waals surface area contributed by atoms with Gasteiger partial charge >= 0.3 is 5.38 Å². The van der Waals surface area contributed by atoms with E-state index in [1.165, 1.54) is 0 Å². The first-order valence-electron chi connectivity index (χ1n) is 6.42. The van der Waals surface area contributed by atoms with Crippen LogP contribution < -0.4 is 0 Å². The van der Waals surface area contributed by atoms with Crippen molar-refractivity contribution in [1.29, 1.82) is 0 Å². The lowest BCUT2D eigenvalue weighted by Crippen LogP contribution is -2.14. The Labute approximate surface area is 138 Å². The van der Waals surface area contributed by atoms with Crippen LogP contribution >= 0.6 is 23.2 Å². The molecule has 0 aliphatic carbocycles. The zero-order chi connectivity index (χ0) is 16.8. The highest BCUT2D eigenvalue weighted by atomic mass is 35.5. The standard InChI is InChI=1S/C15H8Cl2F4N2/c16-9-3-1-8(2-4-9)7-23-13-6-11(19)10(18)5-12(13)22-14(23)15(17,20)21/h1-6H,7H2. The average molecular weight is 363 g/mol. The van der Waals surface area contributed by atoms with Gasteiger partial charge in [-0.15, -0.1) is 0 Å². The Balaban J connectivity index is 2.19. The van der Waals surface area contributed by atoms with Gasteiger partial charge in [-0.2, -0.15) is 8.78 Å². The lowest BCUT2D eigenvalue weighted by molar-refractivity contribution is 0.0811. The predicted octanol–water partition coefficient (Wildman–Crippen LogP) is 5.30. The third-order valence-electron chi connectivity index (χ3n) is 3.30. The van der Waals surface area contributed by atoms with Crippen LogP contribution in [0.5, 0.6) is 0 Å². The first-order valence-corrected chi connectivity index (χ1v) is 7.18. The maximum absolute atomic E-state index is 13.6. The van der Waals surface area contributed by atoms with Gasteiger partial charge in [-0.05, 0) is 29.3 Å². The number of halogens is 6. The van der Waals surface area contributed by atoms with E-state index in [1.807, 2.05) is 0 Å². The van der Waals surface area contributed by atoms with Crippen molar-refractivity contribution in [2.75, 3.05) is 0 Å². The molecule has 0 amide bonds. The van der Waals surface area contributed by atoms with Crippen LogP contribution in [0.1, 0.15) is 11.4 Å². The van der Waals surface area contributed by atoms with E-state index >= 15 is 0 Å². The van der Waals surface area contributed by atoms with Crippen LogP contribution in [0.4, 0.5) is 17.6 Å². The molecular formula is C15H8Cl2F4N2. The minimum Gasteiger partial charge on any atom is -0.317 e.